The number of nitrogens with one attached hydrogen (secondary N) is 1. The van der Waals surface area contributed by atoms with Gasteiger partial charge in [0.25, 0.3) is 0 Å². The standard InChI is InChI=1S/C21H25NO2.ClH/c1-23-19-10-6-9-15-17-13-22-18(11-14-7-4-3-5-8-14)16(17)12-20(24-2)21(15)19;/h3-10,16-18,20,22H,11-13H2,1-2H3;1H/t16?,17-,18-,20?;/m1./s1. The zero-order chi connectivity index (χ0) is 16.5. The van der Waals surface area contributed by atoms with Crippen molar-refractivity contribution in [3.05, 3.63) is 65.2 Å². The first kappa shape index (κ1) is 18.2. The fourth-order valence-electron chi connectivity index (χ4n) is 4.61. The molecule has 25 heavy (non-hydrogen) atoms. The third-order valence-electron chi connectivity index (χ3n) is 5.74. The van der Waals surface area contributed by atoms with Crippen molar-refractivity contribution in [3.8, 4) is 5.75 Å². The molecule has 1 aliphatic carbocycles. The number of hydrogen-bond donors (Lipinski definition) is 1. The minimum absolute atomic E-state index is 0. The lowest BCUT2D eigenvalue weighted by Crippen LogP contribution is -2.32. The van der Waals surface area contributed by atoms with Crippen molar-refractivity contribution in [2.24, 2.45) is 5.92 Å². The predicted octanol–water partition coefficient (Wildman–Crippen LogP) is 4.12. The van der Waals surface area contributed by atoms with Crippen LogP contribution in [0.1, 0.15) is 35.1 Å². The van der Waals surface area contributed by atoms with Crippen LogP contribution in [0.15, 0.2) is 48.5 Å². The Morgan fingerprint density at radius 3 is 2.56 bits per heavy atom. The Morgan fingerprint density at radius 2 is 1.84 bits per heavy atom. The van der Waals surface area contributed by atoms with E-state index in [9.17, 15) is 0 Å². The van der Waals surface area contributed by atoms with Gasteiger partial charge in [0, 0.05) is 31.2 Å². The molecule has 1 N–H and O–H groups in total. The molecule has 2 aromatic carbocycles. The van der Waals surface area contributed by atoms with Gasteiger partial charge in [-0.2, -0.15) is 0 Å². The SMILES string of the molecule is COc1cccc2c1C(OC)CC1[C@@H]2CN[C@@H]1Cc1ccccc1.Cl. The molecule has 4 heteroatoms. The molecule has 2 aliphatic rings. The molecular formula is C21H26ClNO2. The van der Waals surface area contributed by atoms with Crippen molar-refractivity contribution >= 4 is 12.4 Å². The van der Waals surface area contributed by atoms with Crippen LogP contribution in [0.4, 0.5) is 0 Å². The lowest BCUT2D eigenvalue weighted by molar-refractivity contribution is 0.0634. The van der Waals surface area contributed by atoms with Crippen LogP contribution >= 0.6 is 12.4 Å². The largest absolute Gasteiger partial charge is 0.496 e. The van der Waals surface area contributed by atoms with Gasteiger partial charge in [-0.25, -0.2) is 0 Å². The van der Waals surface area contributed by atoms with Gasteiger partial charge in [0.05, 0.1) is 13.2 Å². The van der Waals surface area contributed by atoms with Crippen molar-refractivity contribution in [1.82, 2.24) is 5.32 Å². The summed E-state index contributed by atoms with van der Waals surface area (Å²) in [7, 11) is 3.56. The zero-order valence-corrected chi connectivity index (χ0v) is 15.6. The first-order chi connectivity index (χ1) is 11.8. The van der Waals surface area contributed by atoms with Gasteiger partial charge in [0.1, 0.15) is 5.75 Å². The van der Waals surface area contributed by atoms with Crippen LogP contribution < -0.4 is 10.1 Å². The number of benzene rings is 2. The first-order valence-electron chi connectivity index (χ1n) is 8.78. The fraction of sp³-hybridized carbons (Fsp3) is 0.429. The Labute approximate surface area is 156 Å². The molecule has 2 aromatic rings. The molecule has 0 bridgehead atoms. The smallest absolute Gasteiger partial charge is 0.124 e. The highest BCUT2D eigenvalue weighted by molar-refractivity contribution is 5.85. The molecule has 1 aliphatic heterocycles. The molecule has 1 fully saturated rings. The molecule has 4 rings (SSSR count). The summed E-state index contributed by atoms with van der Waals surface area (Å²) in [5.41, 5.74) is 4.06. The zero-order valence-electron chi connectivity index (χ0n) is 14.8. The molecule has 0 saturated carbocycles. The Balaban J connectivity index is 0.00000182. The Kier molecular flexibility index (Phi) is 5.67. The van der Waals surface area contributed by atoms with Crippen molar-refractivity contribution in [3.63, 3.8) is 0 Å². The first-order valence-corrected chi connectivity index (χ1v) is 8.78. The molecule has 0 amide bonds. The van der Waals surface area contributed by atoms with E-state index in [2.05, 4.69) is 53.8 Å². The summed E-state index contributed by atoms with van der Waals surface area (Å²) in [6.07, 6.45) is 2.26. The number of hydrogen-bond acceptors (Lipinski definition) is 3. The normalized spacial score (nSPS) is 27.1. The van der Waals surface area contributed by atoms with Crippen LogP contribution in [0.25, 0.3) is 0 Å². The lowest BCUT2D eigenvalue weighted by Gasteiger charge is -2.36. The van der Waals surface area contributed by atoms with Crippen molar-refractivity contribution < 1.29 is 9.47 Å². The van der Waals surface area contributed by atoms with E-state index in [1.807, 2.05) is 7.11 Å². The second kappa shape index (κ2) is 7.77. The quantitative estimate of drug-likeness (QED) is 0.890. The van der Waals surface area contributed by atoms with Gasteiger partial charge in [0.2, 0.25) is 0 Å². The summed E-state index contributed by atoms with van der Waals surface area (Å²) < 4.78 is 11.5. The number of fused-ring (bicyclic) bond motifs is 3. The van der Waals surface area contributed by atoms with Gasteiger partial charge in [-0.3, -0.25) is 0 Å². The van der Waals surface area contributed by atoms with Crippen LogP contribution in [0.2, 0.25) is 0 Å². The van der Waals surface area contributed by atoms with Crippen molar-refractivity contribution in [2.45, 2.75) is 30.9 Å². The Hall–Kier alpha value is -1.55. The molecule has 0 radical (unpaired) electrons. The topological polar surface area (TPSA) is 30.5 Å². The van der Waals surface area contributed by atoms with E-state index >= 15 is 0 Å². The predicted molar refractivity (Wildman–Crippen MR) is 103 cm³/mol. The Morgan fingerprint density at radius 1 is 1.04 bits per heavy atom. The molecule has 0 aromatic heterocycles. The maximum Gasteiger partial charge on any atom is 0.124 e. The molecule has 4 atom stereocenters. The summed E-state index contributed by atoms with van der Waals surface area (Å²) in [5.74, 6) is 2.12. The molecule has 134 valence electrons. The number of ether oxygens (including phenoxy) is 2. The van der Waals surface area contributed by atoms with Crippen LogP contribution in [0, 0.1) is 5.92 Å². The Bertz CT molecular complexity index is 706. The van der Waals surface area contributed by atoms with E-state index < -0.39 is 0 Å². The highest BCUT2D eigenvalue weighted by atomic mass is 35.5. The van der Waals surface area contributed by atoms with Gasteiger partial charge in [-0.15, -0.1) is 12.4 Å². The third-order valence-corrected chi connectivity index (χ3v) is 5.74. The average Bonchev–Trinajstić information content (AvgIpc) is 3.04. The minimum atomic E-state index is 0. The van der Waals surface area contributed by atoms with Gasteiger partial charge in [-0.1, -0.05) is 42.5 Å². The van der Waals surface area contributed by atoms with Crippen LogP contribution in [0.3, 0.4) is 0 Å². The van der Waals surface area contributed by atoms with Crippen LogP contribution in [-0.2, 0) is 11.2 Å². The van der Waals surface area contributed by atoms with Gasteiger partial charge in [0.15, 0.2) is 0 Å². The lowest BCUT2D eigenvalue weighted by atomic mass is 9.72. The number of halogens is 1. The number of methoxy groups -OCH3 is 2. The fourth-order valence-corrected chi connectivity index (χ4v) is 4.61. The highest BCUT2D eigenvalue weighted by Crippen LogP contribution is 2.49. The van der Waals surface area contributed by atoms with E-state index in [-0.39, 0.29) is 18.5 Å². The maximum absolute atomic E-state index is 5.86. The highest BCUT2D eigenvalue weighted by Gasteiger charge is 2.44. The van der Waals surface area contributed by atoms with Crippen LogP contribution in [-0.4, -0.2) is 26.8 Å². The van der Waals surface area contributed by atoms with E-state index in [0.717, 1.165) is 25.1 Å². The summed E-state index contributed by atoms with van der Waals surface area (Å²) in [4.78, 5) is 0. The summed E-state index contributed by atoms with van der Waals surface area (Å²) >= 11 is 0. The maximum atomic E-state index is 5.86. The summed E-state index contributed by atoms with van der Waals surface area (Å²) in [5, 5.41) is 3.77. The summed E-state index contributed by atoms with van der Waals surface area (Å²) in [6.45, 7) is 1.04. The van der Waals surface area contributed by atoms with Gasteiger partial charge < -0.3 is 14.8 Å². The molecule has 0 spiro atoms. The van der Waals surface area contributed by atoms with Gasteiger partial charge in [-0.05, 0) is 36.0 Å². The monoisotopic (exact) mass is 359 g/mol. The van der Waals surface area contributed by atoms with E-state index in [0.29, 0.717) is 17.9 Å². The number of rotatable bonds is 4. The molecule has 2 unspecified atom stereocenters. The molecule has 1 saturated heterocycles. The average molecular weight is 360 g/mol. The second-order valence-electron chi connectivity index (χ2n) is 6.90. The van der Waals surface area contributed by atoms with Gasteiger partial charge >= 0.3 is 0 Å². The van der Waals surface area contributed by atoms with Crippen molar-refractivity contribution in [1.29, 1.82) is 0 Å². The van der Waals surface area contributed by atoms with E-state index in [4.69, 9.17) is 9.47 Å². The molecule has 3 nitrogen and oxygen atoms in total. The summed E-state index contributed by atoms with van der Waals surface area (Å²) in [6, 6.07) is 17.7. The van der Waals surface area contributed by atoms with E-state index in [1.165, 1.54) is 16.7 Å². The third kappa shape index (κ3) is 3.29. The van der Waals surface area contributed by atoms with Crippen LogP contribution in [0.5, 0.6) is 5.75 Å². The molecule has 1 heterocycles. The molecular weight excluding hydrogens is 334 g/mol. The minimum Gasteiger partial charge on any atom is -0.496 e. The van der Waals surface area contributed by atoms with E-state index in [1.54, 1.807) is 7.11 Å². The second-order valence-corrected chi connectivity index (χ2v) is 6.90. The van der Waals surface area contributed by atoms with Crippen molar-refractivity contribution in [2.75, 3.05) is 20.8 Å².